The van der Waals surface area contributed by atoms with Crippen molar-refractivity contribution in [3.63, 3.8) is 0 Å². The lowest BCUT2D eigenvalue weighted by atomic mass is 10.1. The molecule has 7 heteroatoms. The van der Waals surface area contributed by atoms with Gasteiger partial charge < -0.3 is 14.4 Å². The van der Waals surface area contributed by atoms with E-state index in [1.165, 1.54) is 0 Å². The Kier molecular flexibility index (Phi) is 3.41. The summed E-state index contributed by atoms with van der Waals surface area (Å²) in [5, 5.41) is 4.61. The van der Waals surface area contributed by atoms with Crippen molar-refractivity contribution >= 4 is 17.5 Å². The molecule has 2 aliphatic heterocycles. The first kappa shape index (κ1) is 14.4. The van der Waals surface area contributed by atoms with Crippen molar-refractivity contribution in [3.05, 3.63) is 40.7 Å². The Morgan fingerprint density at radius 3 is 3.04 bits per heavy atom. The van der Waals surface area contributed by atoms with E-state index in [-0.39, 0.29) is 18.7 Å². The summed E-state index contributed by atoms with van der Waals surface area (Å²) in [6.07, 6.45) is 5.70. The molecule has 4 rings (SSSR count). The van der Waals surface area contributed by atoms with E-state index in [2.05, 4.69) is 5.10 Å². The highest BCUT2D eigenvalue weighted by Gasteiger charge is 2.32. The van der Waals surface area contributed by atoms with Crippen LogP contribution < -0.4 is 9.47 Å². The van der Waals surface area contributed by atoms with Gasteiger partial charge in [-0.25, -0.2) is 0 Å². The van der Waals surface area contributed by atoms with E-state index in [0.29, 0.717) is 22.1 Å². The van der Waals surface area contributed by atoms with E-state index in [9.17, 15) is 4.79 Å². The Labute approximate surface area is 138 Å². The smallest absolute Gasteiger partial charge is 0.254 e. The van der Waals surface area contributed by atoms with Crippen LogP contribution >= 0.6 is 11.6 Å². The van der Waals surface area contributed by atoms with Gasteiger partial charge >= 0.3 is 0 Å². The Hall–Kier alpha value is -2.21. The van der Waals surface area contributed by atoms with Crippen LogP contribution in [0.2, 0.25) is 5.02 Å². The highest BCUT2D eigenvalue weighted by Crippen LogP contribution is 2.41. The monoisotopic (exact) mass is 333 g/mol. The quantitative estimate of drug-likeness (QED) is 0.848. The molecule has 1 aromatic heterocycles. The molecule has 1 amide bonds. The molecule has 0 spiro atoms. The van der Waals surface area contributed by atoms with Crippen LogP contribution in [0.25, 0.3) is 0 Å². The lowest BCUT2D eigenvalue weighted by Gasteiger charge is -2.24. The summed E-state index contributed by atoms with van der Waals surface area (Å²) in [6.45, 7) is 0.860. The van der Waals surface area contributed by atoms with Crippen LogP contribution in [0.15, 0.2) is 24.5 Å². The molecule has 3 heterocycles. The van der Waals surface area contributed by atoms with Gasteiger partial charge in [-0.15, -0.1) is 0 Å². The van der Waals surface area contributed by atoms with Crippen molar-refractivity contribution in [3.8, 4) is 11.5 Å². The number of aromatic nitrogens is 2. The maximum Gasteiger partial charge on any atom is 0.254 e. The molecule has 120 valence electrons. The highest BCUT2D eigenvalue weighted by molar-refractivity contribution is 6.32. The zero-order chi connectivity index (χ0) is 16.0. The fourth-order valence-corrected chi connectivity index (χ4v) is 3.49. The number of aryl methyl sites for hydroxylation is 1. The number of carbonyl (C=O) groups excluding carboxylic acids is 1. The average molecular weight is 334 g/mol. The maximum atomic E-state index is 12.9. The van der Waals surface area contributed by atoms with Gasteiger partial charge in [0.05, 0.1) is 17.3 Å². The fraction of sp³-hybridized carbons (Fsp3) is 0.375. The molecule has 0 radical (unpaired) electrons. The van der Waals surface area contributed by atoms with Gasteiger partial charge in [-0.05, 0) is 25.0 Å². The number of halogens is 1. The number of nitrogens with zero attached hydrogens (tertiary/aromatic N) is 3. The van der Waals surface area contributed by atoms with Crippen molar-refractivity contribution in [1.29, 1.82) is 0 Å². The van der Waals surface area contributed by atoms with Gasteiger partial charge in [0.1, 0.15) is 0 Å². The molecule has 2 aromatic rings. The second-order valence-electron chi connectivity index (χ2n) is 5.80. The number of benzene rings is 1. The van der Waals surface area contributed by atoms with Crippen LogP contribution in [0.4, 0.5) is 0 Å². The van der Waals surface area contributed by atoms with E-state index < -0.39 is 0 Å². The van der Waals surface area contributed by atoms with Crippen LogP contribution in [0.1, 0.15) is 34.8 Å². The molecule has 0 unspecified atom stereocenters. The van der Waals surface area contributed by atoms with Crippen LogP contribution in [0, 0.1) is 0 Å². The Morgan fingerprint density at radius 2 is 2.26 bits per heavy atom. The predicted octanol–water partition coefficient (Wildman–Crippen LogP) is 2.78. The highest BCUT2D eigenvalue weighted by atomic mass is 35.5. The van der Waals surface area contributed by atoms with E-state index >= 15 is 0 Å². The third-order valence-electron chi connectivity index (χ3n) is 4.30. The van der Waals surface area contributed by atoms with Gasteiger partial charge in [0.15, 0.2) is 11.5 Å². The van der Waals surface area contributed by atoms with Gasteiger partial charge in [0.25, 0.3) is 5.91 Å². The molecule has 23 heavy (non-hydrogen) atoms. The summed E-state index contributed by atoms with van der Waals surface area (Å²) in [4.78, 5) is 14.8. The SMILES string of the molecule is Cn1cc([C@H]2CCCN2C(=O)c2cc(Cl)c3c(c2)OCO3)cn1. The van der Waals surface area contributed by atoms with Crippen LogP contribution in [0.5, 0.6) is 11.5 Å². The van der Waals surface area contributed by atoms with Gasteiger partial charge in [-0.1, -0.05) is 11.6 Å². The summed E-state index contributed by atoms with van der Waals surface area (Å²) in [7, 11) is 1.88. The summed E-state index contributed by atoms with van der Waals surface area (Å²) < 4.78 is 12.4. The molecule has 0 bridgehead atoms. The van der Waals surface area contributed by atoms with Crippen molar-refractivity contribution in [2.75, 3.05) is 13.3 Å². The van der Waals surface area contributed by atoms with Crippen molar-refractivity contribution in [2.45, 2.75) is 18.9 Å². The van der Waals surface area contributed by atoms with E-state index in [4.69, 9.17) is 21.1 Å². The number of ether oxygens (including phenoxy) is 2. The number of carbonyl (C=O) groups is 1. The van der Waals surface area contributed by atoms with Crippen molar-refractivity contribution < 1.29 is 14.3 Å². The standard InChI is InChI=1S/C16H16ClN3O3/c1-19-8-11(7-18-19)13-3-2-4-20(13)16(21)10-5-12(17)15-14(6-10)22-9-23-15/h5-8,13H,2-4,9H2,1H3/t13-/m1/s1. The lowest BCUT2D eigenvalue weighted by molar-refractivity contribution is 0.0735. The summed E-state index contributed by atoms with van der Waals surface area (Å²) >= 11 is 6.19. The number of fused-ring (bicyclic) bond motifs is 1. The number of likely N-dealkylation sites (tertiary alicyclic amines) is 1. The van der Waals surface area contributed by atoms with Gasteiger partial charge in [0.2, 0.25) is 6.79 Å². The molecule has 1 atom stereocenters. The summed E-state index contributed by atoms with van der Waals surface area (Å²) in [5.41, 5.74) is 1.58. The van der Waals surface area contributed by atoms with Gasteiger partial charge in [-0.2, -0.15) is 5.10 Å². The molecule has 1 saturated heterocycles. The second-order valence-corrected chi connectivity index (χ2v) is 6.20. The molecule has 0 aliphatic carbocycles. The molecule has 6 nitrogen and oxygen atoms in total. The number of amides is 1. The Bertz CT molecular complexity index is 774. The zero-order valence-corrected chi connectivity index (χ0v) is 13.4. The minimum Gasteiger partial charge on any atom is -0.454 e. The first-order valence-electron chi connectivity index (χ1n) is 7.52. The first-order valence-corrected chi connectivity index (χ1v) is 7.90. The average Bonchev–Trinajstić information content (AvgIpc) is 3.25. The van der Waals surface area contributed by atoms with Crippen LogP contribution in [-0.4, -0.2) is 33.9 Å². The predicted molar refractivity (Wildman–Crippen MR) is 83.8 cm³/mol. The summed E-state index contributed by atoms with van der Waals surface area (Å²) in [5.74, 6) is 0.989. The van der Waals surface area contributed by atoms with E-state index in [1.54, 1.807) is 16.8 Å². The minimum atomic E-state index is -0.0449. The van der Waals surface area contributed by atoms with Crippen LogP contribution in [0.3, 0.4) is 0 Å². The van der Waals surface area contributed by atoms with Crippen molar-refractivity contribution in [2.24, 2.45) is 7.05 Å². The number of hydrogen-bond acceptors (Lipinski definition) is 4. The van der Waals surface area contributed by atoms with Gasteiger partial charge in [0, 0.05) is 30.9 Å². The minimum absolute atomic E-state index is 0.0449. The second kappa shape index (κ2) is 5.45. The summed E-state index contributed by atoms with van der Waals surface area (Å²) in [6, 6.07) is 3.41. The number of rotatable bonds is 2. The first-order chi connectivity index (χ1) is 11.1. The third kappa shape index (κ3) is 2.43. The zero-order valence-electron chi connectivity index (χ0n) is 12.7. The van der Waals surface area contributed by atoms with Crippen molar-refractivity contribution in [1.82, 2.24) is 14.7 Å². The fourth-order valence-electron chi connectivity index (χ4n) is 3.23. The lowest BCUT2D eigenvalue weighted by Crippen LogP contribution is -2.30. The molecule has 1 aromatic carbocycles. The topological polar surface area (TPSA) is 56.6 Å². The molecule has 0 saturated carbocycles. The normalized spacial score (nSPS) is 19.4. The molecular formula is C16H16ClN3O3. The van der Waals surface area contributed by atoms with E-state index in [0.717, 1.165) is 24.9 Å². The Morgan fingerprint density at radius 1 is 1.39 bits per heavy atom. The maximum absolute atomic E-state index is 12.9. The van der Waals surface area contributed by atoms with Gasteiger partial charge in [-0.3, -0.25) is 9.48 Å². The molecular weight excluding hydrogens is 318 g/mol. The molecule has 2 aliphatic rings. The third-order valence-corrected chi connectivity index (χ3v) is 4.58. The van der Waals surface area contributed by atoms with E-state index in [1.807, 2.05) is 24.3 Å². The van der Waals surface area contributed by atoms with Crippen LogP contribution in [-0.2, 0) is 7.05 Å². The number of hydrogen-bond donors (Lipinski definition) is 0. The molecule has 0 N–H and O–H groups in total. The Balaban J connectivity index is 1.65. The molecule has 1 fully saturated rings. The largest absolute Gasteiger partial charge is 0.454 e.